The molecule has 1 heterocycles. The number of fused-ring (bicyclic) bond motifs is 1. The fourth-order valence-corrected chi connectivity index (χ4v) is 2.63. The molecule has 1 N–H and O–H groups in total. The van der Waals surface area contributed by atoms with Crippen LogP contribution in [0.1, 0.15) is 18.1 Å². The largest absolute Gasteiger partial charge is 0.506 e. The normalized spacial score (nSPS) is 10.9. The van der Waals surface area contributed by atoms with Gasteiger partial charge >= 0.3 is 0 Å². The molecular formula is C11H12OS. The van der Waals surface area contributed by atoms with Crippen LogP contribution in [0.25, 0.3) is 10.1 Å². The van der Waals surface area contributed by atoms with Crippen molar-refractivity contribution in [3.63, 3.8) is 0 Å². The van der Waals surface area contributed by atoms with E-state index in [0.29, 0.717) is 5.75 Å². The number of hydrogen-bond donors (Lipinski definition) is 1. The summed E-state index contributed by atoms with van der Waals surface area (Å²) in [5, 5.41) is 13.0. The maximum Gasteiger partial charge on any atom is 0.133 e. The first-order valence-corrected chi connectivity index (χ1v) is 5.30. The van der Waals surface area contributed by atoms with Gasteiger partial charge in [-0.05, 0) is 41.3 Å². The molecule has 2 aromatic rings. The summed E-state index contributed by atoms with van der Waals surface area (Å²) in [6.45, 7) is 4.15. The number of benzene rings is 1. The van der Waals surface area contributed by atoms with Gasteiger partial charge in [-0.25, -0.2) is 0 Å². The highest BCUT2D eigenvalue weighted by molar-refractivity contribution is 7.17. The first-order chi connectivity index (χ1) is 6.22. The van der Waals surface area contributed by atoms with Gasteiger partial charge in [0.2, 0.25) is 0 Å². The summed E-state index contributed by atoms with van der Waals surface area (Å²) in [6, 6.07) is 3.96. The van der Waals surface area contributed by atoms with Crippen LogP contribution < -0.4 is 0 Å². The highest BCUT2D eigenvalue weighted by Gasteiger charge is 2.06. The molecule has 0 saturated carbocycles. The van der Waals surface area contributed by atoms with Crippen LogP contribution in [-0.4, -0.2) is 5.11 Å². The van der Waals surface area contributed by atoms with Crippen molar-refractivity contribution >= 4 is 21.4 Å². The molecule has 1 aromatic heterocycles. The first-order valence-electron chi connectivity index (χ1n) is 4.42. The van der Waals surface area contributed by atoms with Crippen molar-refractivity contribution < 1.29 is 5.11 Å². The molecule has 0 atom stereocenters. The predicted molar refractivity (Wildman–Crippen MR) is 57.6 cm³/mol. The molecule has 0 aliphatic heterocycles. The monoisotopic (exact) mass is 192 g/mol. The fourth-order valence-electron chi connectivity index (χ4n) is 1.58. The maximum atomic E-state index is 9.67. The molecule has 0 fully saturated rings. The Hall–Kier alpha value is -1.02. The van der Waals surface area contributed by atoms with E-state index in [1.54, 1.807) is 11.3 Å². The van der Waals surface area contributed by atoms with Crippen LogP contribution in [0.15, 0.2) is 17.5 Å². The van der Waals surface area contributed by atoms with E-state index in [0.717, 1.165) is 16.7 Å². The zero-order chi connectivity index (χ0) is 9.42. The van der Waals surface area contributed by atoms with Gasteiger partial charge in [-0.15, -0.1) is 11.3 Å². The third-order valence-corrected chi connectivity index (χ3v) is 3.33. The quantitative estimate of drug-likeness (QED) is 0.733. The van der Waals surface area contributed by atoms with Gasteiger partial charge in [0.15, 0.2) is 0 Å². The molecule has 0 radical (unpaired) electrons. The Balaban J connectivity index is 2.82. The van der Waals surface area contributed by atoms with Gasteiger partial charge in [0.25, 0.3) is 0 Å². The van der Waals surface area contributed by atoms with E-state index < -0.39 is 0 Å². The van der Waals surface area contributed by atoms with Gasteiger partial charge in [0, 0.05) is 0 Å². The lowest BCUT2D eigenvalue weighted by Gasteiger charge is -1.99. The summed E-state index contributed by atoms with van der Waals surface area (Å²) in [4.78, 5) is 0. The lowest BCUT2D eigenvalue weighted by Crippen LogP contribution is -1.77. The van der Waals surface area contributed by atoms with E-state index >= 15 is 0 Å². The zero-order valence-electron chi connectivity index (χ0n) is 7.79. The molecule has 13 heavy (non-hydrogen) atoms. The molecule has 0 bridgehead atoms. The van der Waals surface area contributed by atoms with Crippen molar-refractivity contribution in [2.45, 2.75) is 20.3 Å². The van der Waals surface area contributed by atoms with Crippen LogP contribution in [0.2, 0.25) is 0 Å². The van der Waals surface area contributed by atoms with E-state index in [1.807, 2.05) is 13.0 Å². The molecule has 1 nitrogen and oxygen atoms in total. The molecule has 1 aromatic carbocycles. The fraction of sp³-hybridized carbons (Fsp3) is 0.273. The number of hydrogen-bond acceptors (Lipinski definition) is 2. The molecule has 2 heteroatoms. The van der Waals surface area contributed by atoms with Crippen molar-refractivity contribution in [1.29, 1.82) is 0 Å². The lowest BCUT2D eigenvalue weighted by molar-refractivity contribution is 0.482. The Morgan fingerprint density at radius 3 is 2.85 bits per heavy atom. The highest BCUT2D eigenvalue weighted by atomic mass is 32.1. The molecule has 0 amide bonds. The van der Waals surface area contributed by atoms with Crippen molar-refractivity contribution in [2.75, 3.05) is 0 Å². The van der Waals surface area contributed by atoms with E-state index in [2.05, 4.69) is 18.4 Å². The summed E-state index contributed by atoms with van der Waals surface area (Å²) in [7, 11) is 0. The Labute approximate surface area is 81.6 Å². The molecule has 2 rings (SSSR count). The Bertz CT molecular complexity index is 443. The zero-order valence-corrected chi connectivity index (χ0v) is 8.61. The smallest absolute Gasteiger partial charge is 0.133 e. The molecule has 0 aliphatic rings. The molecular weight excluding hydrogens is 180 g/mol. The summed E-state index contributed by atoms with van der Waals surface area (Å²) in [6.07, 6.45) is 1.03. The summed E-state index contributed by atoms with van der Waals surface area (Å²) >= 11 is 1.62. The van der Waals surface area contributed by atoms with Gasteiger partial charge in [0.1, 0.15) is 5.75 Å². The molecule has 68 valence electrons. The van der Waals surface area contributed by atoms with E-state index in [1.165, 1.54) is 10.9 Å². The highest BCUT2D eigenvalue weighted by Crippen LogP contribution is 2.34. The summed E-state index contributed by atoms with van der Waals surface area (Å²) in [5.41, 5.74) is 2.46. The van der Waals surface area contributed by atoms with Crippen molar-refractivity contribution in [3.8, 4) is 5.75 Å². The SMILES string of the molecule is CCc1csc2c(O)cc(C)cc12. The summed E-state index contributed by atoms with van der Waals surface area (Å²) < 4.78 is 1.02. The number of aromatic hydroxyl groups is 1. The Morgan fingerprint density at radius 2 is 2.15 bits per heavy atom. The Morgan fingerprint density at radius 1 is 1.38 bits per heavy atom. The number of phenols is 1. The predicted octanol–water partition coefficient (Wildman–Crippen LogP) is 3.48. The number of phenolic OH excluding ortho intramolecular Hbond substituents is 1. The third kappa shape index (κ3) is 1.31. The van der Waals surface area contributed by atoms with Crippen LogP contribution in [0.3, 0.4) is 0 Å². The van der Waals surface area contributed by atoms with Crippen molar-refractivity contribution in [1.82, 2.24) is 0 Å². The number of aryl methyl sites for hydroxylation is 2. The molecule has 0 aliphatic carbocycles. The second kappa shape index (κ2) is 3.04. The lowest BCUT2D eigenvalue weighted by atomic mass is 10.1. The van der Waals surface area contributed by atoms with Gasteiger partial charge in [-0.1, -0.05) is 13.0 Å². The third-order valence-electron chi connectivity index (χ3n) is 2.26. The van der Waals surface area contributed by atoms with Crippen LogP contribution >= 0.6 is 11.3 Å². The second-order valence-corrected chi connectivity index (χ2v) is 4.15. The van der Waals surface area contributed by atoms with Crippen molar-refractivity contribution in [3.05, 3.63) is 28.6 Å². The minimum Gasteiger partial charge on any atom is -0.506 e. The van der Waals surface area contributed by atoms with Crippen LogP contribution in [0, 0.1) is 6.92 Å². The van der Waals surface area contributed by atoms with E-state index in [4.69, 9.17) is 0 Å². The van der Waals surface area contributed by atoms with Gasteiger partial charge in [0.05, 0.1) is 4.70 Å². The minimum atomic E-state index is 0.416. The maximum absolute atomic E-state index is 9.67. The number of rotatable bonds is 1. The minimum absolute atomic E-state index is 0.416. The van der Waals surface area contributed by atoms with Crippen LogP contribution in [-0.2, 0) is 6.42 Å². The first kappa shape index (κ1) is 8.57. The van der Waals surface area contributed by atoms with Gasteiger partial charge < -0.3 is 5.11 Å². The molecule has 0 saturated heterocycles. The van der Waals surface area contributed by atoms with Gasteiger partial charge in [-0.2, -0.15) is 0 Å². The van der Waals surface area contributed by atoms with E-state index in [-0.39, 0.29) is 0 Å². The average molecular weight is 192 g/mol. The van der Waals surface area contributed by atoms with Crippen LogP contribution in [0.4, 0.5) is 0 Å². The average Bonchev–Trinajstić information content (AvgIpc) is 2.47. The standard InChI is InChI=1S/C11H12OS/c1-3-8-6-13-11-9(8)4-7(2)5-10(11)12/h4-6,12H,3H2,1-2H3. The molecule has 0 spiro atoms. The Kier molecular flexibility index (Phi) is 2.00. The molecule has 0 unspecified atom stereocenters. The van der Waals surface area contributed by atoms with Gasteiger partial charge in [-0.3, -0.25) is 0 Å². The topological polar surface area (TPSA) is 20.2 Å². The second-order valence-electron chi connectivity index (χ2n) is 3.28. The van der Waals surface area contributed by atoms with E-state index in [9.17, 15) is 5.11 Å². The van der Waals surface area contributed by atoms with Crippen molar-refractivity contribution in [2.24, 2.45) is 0 Å². The van der Waals surface area contributed by atoms with Crippen LogP contribution in [0.5, 0.6) is 5.75 Å². The summed E-state index contributed by atoms with van der Waals surface area (Å²) in [5.74, 6) is 0.416. The number of thiophene rings is 1.